The average molecular weight is 173 g/mol. The van der Waals surface area contributed by atoms with Crippen molar-refractivity contribution in [1.29, 1.82) is 0 Å². The van der Waals surface area contributed by atoms with Gasteiger partial charge in [0.05, 0.1) is 0 Å². The molecule has 13 heavy (non-hydrogen) atoms. The fraction of sp³-hybridized carbons (Fsp3) is 0. The molecule has 0 amide bonds. The minimum absolute atomic E-state index is 0.610. The van der Waals surface area contributed by atoms with Crippen molar-refractivity contribution >= 4 is 6.29 Å². The number of imidazole rings is 1. The van der Waals surface area contributed by atoms with E-state index in [1.807, 2.05) is 0 Å². The number of nitrogens with zero attached hydrogens (tertiary/aromatic N) is 3. The molecule has 0 saturated heterocycles. The van der Waals surface area contributed by atoms with Crippen LogP contribution in [0.4, 0.5) is 0 Å². The number of aldehydes is 1. The Bertz CT molecular complexity index is 409. The summed E-state index contributed by atoms with van der Waals surface area (Å²) in [7, 11) is 0. The lowest BCUT2D eigenvalue weighted by Gasteiger charge is -1.99. The summed E-state index contributed by atoms with van der Waals surface area (Å²) in [5, 5.41) is 0. The van der Waals surface area contributed by atoms with Gasteiger partial charge in [0, 0.05) is 24.2 Å². The Morgan fingerprint density at radius 2 is 2.31 bits per heavy atom. The van der Waals surface area contributed by atoms with E-state index in [-0.39, 0.29) is 0 Å². The zero-order valence-electron chi connectivity index (χ0n) is 6.79. The summed E-state index contributed by atoms with van der Waals surface area (Å²) in [6.45, 7) is 0. The smallest absolute Gasteiger partial charge is 0.150 e. The van der Waals surface area contributed by atoms with Crippen LogP contribution in [-0.4, -0.2) is 20.8 Å². The van der Waals surface area contributed by atoms with Crippen LogP contribution in [0.15, 0.2) is 37.1 Å². The third-order valence-electron chi connectivity index (χ3n) is 1.67. The molecule has 4 heteroatoms. The second-order valence-electron chi connectivity index (χ2n) is 2.54. The van der Waals surface area contributed by atoms with E-state index in [0.717, 1.165) is 6.29 Å². The molecule has 0 aromatic carbocycles. The Labute approximate surface area is 74.9 Å². The normalized spacial score (nSPS) is 9.85. The number of aromatic nitrogens is 3. The number of carbonyl (C=O) groups is 1. The van der Waals surface area contributed by atoms with Gasteiger partial charge in [-0.05, 0) is 12.1 Å². The largest absolute Gasteiger partial charge is 0.298 e. The predicted molar refractivity (Wildman–Crippen MR) is 46.7 cm³/mol. The summed E-state index contributed by atoms with van der Waals surface area (Å²) >= 11 is 0. The second-order valence-corrected chi connectivity index (χ2v) is 2.54. The van der Waals surface area contributed by atoms with Gasteiger partial charge < -0.3 is 0 Å². The lowest BCUT2D eigenvalue weighted by Crippen LogP contribution is -1.94. The maximum atomic E-state index is 10.5. The Kier molecular flexibility index (Phi) is 1.88. The average Bonchev–Trinajstić information content (AvgIpc) is 2.71. The lowest BCUT2D eigenvalue weighted by molar-refractivity contribution is 0.112. The van der Waals surface area contributed by atoms with Crippen LogP contribution in [0.25, 0.3) is 5.82 Å². The van der Waals surface area contributed by atoms with Gasteiger partial charge in [-0.1, -0.05) is 0 Å². The molecule has 0 N–H and O–H groups in total. The molecule has 0 bridgehead atoms. The fourth-order valence-electron chi connectivity index (χ4n) is 1.04. The van der Waals surface area contributed by atoms with Crippen LogP contribution < -0.4 is 0 Å². The molecule has 0 atom stereocenters. The van der Waals surface area contributed by atoms with Crippen molar-refractivity contribution in [1.82, 2.24) is 14.5 Å². The number of hydrogen-bond acceptors (Lipinski definition) is 3. The Hall–Kier alpha value is -1.97. The van der Waals surface area contributed by atoms with Crippen LogP contribution in [0.1, 0.15) is 10.4 Å². The van der Waals surface area contributed by atoms with Crippen molar-refractivity contribution in [2.24, 2.45) is 0 Å². The van der Waals surface area contributed by atoms with Crippen molar-refractivity contribution in [3.05, 3.63) is 42.6 Å². The molecule has 0 aliphatic rings. The molecule has 2 rings (SSSR count). The molecule has 0 saturated carbocycles. The van der Waals surface area contributed by atoms with Gasteiger partial charge in [-0.2, -0.15) is 0 Å². The molecule has 0 radical (unpaired) electrons. The number of rotatable bonds is 2. The van der Waals surface area contributed by atoms with Crippen molar-refractivity contribution in [2.45, 2.75) is 0 Å². The van der Waals surface area contributed by atoms with Crippen molar-refractivity contribution in [2.75, 3.05) is 0 Å². The van der Waals surface area contributed by atoms with Gasteiger partial charge in [0.1, 0.15) is 18.4 Å². The number of hydrogen-bond donors (Lipinski definition) is 0. The van der Waals surface area contributed by atoms with Crippen molar-refractivity contribution in [3.8, 4) is 5.82 Å². The van der Waals surface area contributed by atoms with Gasteiger partial charge in [0.25, 0.3) is 0 Å². The molecule has 0 unspecified atom stereocenters. The lowest BCUT2D eigenvalue weighted by atomic mass is 10.3. The van der Waals surface area contributed by atoms with Crippen LogP contribution in [-0.2, 0) is 0 Å². The molecule has 64 valence electrons. The summed E-state index contributed by atoms with van der Waals surface area (Å²) in [6, 6.07) is 3.36. The molecule has 2 aromatic heterocycles. The molecule has 0 fully saturated rings. The SMILES string of the molecule is O=Cc1ccnc(-n2ccnc2)c1. The summed E-state index contributed by atoms with van der Waals surface area (Å²) in [5.74, 6) is 0.696. The highest BCUT2D eigenvalue weighted by molar-refractivity contribution is 5.75. The zero-order valence-corrected chi connectivity index (χ0v) is 6.79. The van der Waals surface area contributed by atoms with E-state index in [9.17, 15) is 4.79 Å². The van der Waals surface area contributed by atoms with Crippen LogP contribution in [0, 0.1) is 0 Å². The monoisotopic (exact) mass is 173 g/mol. The Morgan fingerprint density at radius 3 is 3.00 bits per heavy atom. The van der Waals surface area contributed by atoms with E-state index in [1.165, 1.54) is 0 Å². The summed E-state index contributed by atoms with van der Waals surface area (Å²) in [5.41, 5.74) is 0.610. The summed E-state index contributed by atoms with van der Waals surface area (Å²) in [6.07, 6.45) is 7.46. The molecular weight excluding hydrogens is 166 g/mol. The van der Waals surface area contributed by atoms with E-state index in [1.54, 1.807) is 41.6 Å². The topological polar surface area (TPSA) is 47.8 Å². The first kappa shape index (κ1) is 7.67. The van der Waals surface area contributed by atoms with E-state index >= 15 is 0 Å². The molecule has 0 aliphatic heterocycles. The van der Waals surface area contributed by atoms with Crippen LogP contribution in [0.2, 0.25) is 0 Å². The van der Waals surface area contributed by atoms with E-state index in [0.29, 0.717) is 11.4 Å². The van der Waals surface area contributed by atoms with Crippen LogP contribution in [0.3, 0.4) is 0 Å². The summed E-state index contributed by atoms with van der Waals surface area (Å²) < 4.78 is 1.74. The quantitative estimate of drug-likeness (QED) is 0.638. The highest BCUT2D eigenvalue weighted by Gasteiger charge is 1.97. The van der Waals surface area contributed by atoms with Gasteiger partial charge in [-0.25, -0.2) is 9.97 Å². The standard InChI is InChI=1S/C9H7N3O/c13-6-8-1-2-11-9(5-8)12-4-3-10-7-12/h1-7H. The third-order valence-corrected chi connectivity index (χ3v) is 1.67. The molecule has 2 heterocycles. The molecule has 0 aliphatic carbocycles. The van der Waals surface area contributed by atoms with E-state index < -0.39 is 0 Å². The van der Waals surface area contributed by atoms with Crippen molar-refractivity contribution in [3.63, 3.8) is 0 Å². The minimum atomic E-state index is 0.610. The highest BCUT2D eigenvalue weighted by atomic mass is 16.1. The van der Waals surface area contributed by atoms with E-state index in [4.69, 9.17) is 0 Å². The van der Waals surface area contributed by atoms with Gasteiger partial charge in [0.2, 0.25) is 0 Å². The minimum Gasteiger partial charge on any atom is -0.298 e. The number of carbonyl (C=O) groups excluding carboxylic acids is 1. The predicted octanol–water partition coefficient (Wildman–Crippen LogP) is 1.08. The Balaban J connectivity index is 2.47. The molecule has 0 spiro atoms. The van der Waals surface area contributed by atoms with Gasteiger partial charge in [-0.3, -0.25) is 9.36 Å². The molecule has 4 nitrogen and oxygen atoms in total. The molecular formula is C9H7N3O. The van der Waals surface area contributed by atoms with Gasteiger partial charge >= 0.3 is 0 Å². The van der Waals surface area contributed by atoms with Gasteiger partial charge in [-0.15, -0.1) is 0 Å². The Morgan fingerprint density at radius 1 is 1.38 bits per heavy atom. The third kappa shape index (κ3) is 1.46. The highest BCUT2D eigenvalue weighted by Crippen LogP contribution is 2.04. The zero-order chi connectivity index (χ0) is 9.10. The number of pyridine rings is 1. The van der Waals surface area contributed by atoms with Crippen LogP contribution >= 0.6 is 0 Å². The van der Waals surface area contributed by atoms with Crippen molar-refractivity contribution < 1.29 is 4.79 Å². The maximum Gasteiger partial charge on any atom is 0.150 e. The first-order chi connectivity index (χ1) is 6.40. The van der Waals surface area contributed by atoms with Crippen LogP contribution in [0.5, 0.6) is 0 Å². The van der Waals surface area contributed by atoms with Gasteiger partial charge in [0.15, 0.2) is 0 Å². The first-order valence-electron chi connectivity index (χ1n) is 3.80. The second kappa shape index (κ2) is 3.18. The maximum absolute atomic E-state index is 10.5. The summed E-state index contributed by atoms with van der Waals surface area (Å²) in [4.78, 5) is 18.5. The molecule has 2 aromatic rings. The van der Waals surface area contributed by atoms with E-state index in [2.05, 4.69) is 9.97 Å². The first-order valence-corrected chi connectivity index (χ1v) is 3.80. The fourth-order valence-corrected chi connectivity index (χ4v) is 1.04.